The highest BCUT2D eigenvalue weighted by Crippen LogP contribution is 2.19. The van der Waals surface area contributed by atoms with Crippen molar-refractivity contribution >= 4 is 0 Å². The minimum Gasteiger partial charge on any atom is -0.345 e. The zero-order chi connectivity index (χ0) is 11.7. The van der Waals surface area contributed by atoms with Crippen molar-refractivity contribution in [2.45, 2.75) is 38.9 Å². The largest absolute Gasteiger partial charge is 0.345 e. The Morgan fingerprint density at radius 1 is 1.53 bits per heavy atom. The van der Waals surface area contributed by atoms with Crippen molar-refractivity contribution in [2.24, 2.45) is 0 Å². The molecule has 0 aromatic carbocycles. The van der Waals surface area contributed by atoms with Crippen molar-refractivity contribution in [3.8, 4) is 0 Å². The number of aryl methyl sites for hydroxylation is 1. The summed E-state index contributed by atoms with van der Waals surface area (Å²) >= 11 is 0. The highest BCUT2D eigenvalue weighted by atomic mass is 16.5. The molecular weight excluding hydrogens is 216 g/mol. The third-order valence-electron chi connectivity index (χ3n) is 2.87. The molecule has 0 saturated heterocycles. The lowest BCUT2D eigenvalue weighted by molar-refractivity contribution is 0.368. The fourth-order valence-electron chi connectivity index (χ4n) is 1.80. The van der Waals surface area contributed by atoms with E-state index in [9.17, 15) is 0 Å². The monoisotopic (exact) mass is 232 g/mol. The van der Waals surface area contributed by atoms with E-state index < -0.39 is 0 Å². The maximum absolute atomic E-state index is 5.09. The number of hydrogen-bond acceptors (Lipinski definition) is 4. The van der Waals surface area contributed by atoms with E-state index in [1.807, 2.05) is 13.1 Å². The minimum atomic E-state index is 0.643. The van der Waals surface area contributed by atoms with E-state index in [-0.39, 0.29) is 0 Å². The number of nitrogens with zero attached hydrogens (tertiary/aromatic N) is 3. The van der Waals surface area contributed by atoms with Gasteiger partial charge in [-0.1, -0.05) is 5.16 Å². The van der Waals surface area contributed by atoms with Crippen molar-refractivity contribution in [2.75, 3.05) is 0 Å². The summed E-state index contributed by atoms with van der Waals surface area (Å²) in [6, 6.07) is 2.87. The second-order valence-corrected chi connectivity index (χ2v) is 4.58. The Balaban J connectivity index is 1.59. The normalized spacial score (nSPS) is 15.4. The Morgan fingerprint density at radius 3 is 3.12 bits per heavy atom. The molecule has 2 aromatic heterocycles. The van der Waals surface area contributed by atoms with Crippen LogP contribution in [0.25, 0.3) is 0 Å². The van der Waals surface area contributed by atoms with Gasteiger partial charge in [0.2, 0.25) is 5.89 Å². The zero-order valence-corrected chi connectivity index (χ0v) is 9.89. The SMILES string of the molecule is Cc1noc(Cn2ccc(CNC3CC3)c2)n1. The zero-order valence-electron chi connectivity index (χ0n) is 9.89. The van der Waals surface area contributed by atoms with Crippen LogP contribution >= 0.6 is 0 Å². The van der Waals surface area contributed by atoms with Crippen LogP contribution in [0.4, 0.5) is 0 Å². The number of hydrogen-bond donors (Lipinski definition) is 1. The third-order valence-corrected chi connectivity index (χ3v) is 2.87. The molecule has 0 amide bonds. The molecule has 5 nitrogen and oxygen atoms in total. The smallest absolute Gasteiger partial charge is 0.246 e. The minimum absolute atomic E-state index is 0.643. The van der Waals surface area contributed by atoms with Gasteiger partial charge in [0, 0.05) is 25.0 Å². The average Bonchev–Trinajstić information content (AvgIpc) is 2.90. The topological polar surface area (TPSA) is 55.9 Å². The summed E-state index contributed by atoms with van der Waals surface area (Å²) in [5.74, 6) is 1.34. The Labute approximate surface area is 99.8 Å². The first-order valence-electron chi connectivity index (χ1n) is 5.97. The summed E-state index contributed by atoms with van der Waals surface area (Å²) in [7, 11) is 0. The van der Waals surface area contributed by atoms with Crippen molar-refractivity contribution in [1.82, 2.24) is 20.0 Å². The lowest BCUT2D eigenvalue weighted by Crippen LogP contribution is -2.14. The van der Waals surface area contributed by atoms with Gasteiger partial charge in [-0.3, -0.25) is 0 Å². The fraction of sp³-hybridized carbons (Fsp3) is 0.500. The Hall–Kier alpha value is -1.62. The molecule has 1 N–H and O–H groups in total. The first-order valence-corrected chi connectivity index (χ1v) is 5.97. The van der Waals surface area contributed by atoms with Gasteiger partial charge in [0.25, 0.3) is 0 Å². The van der Waals surface area contributed by atoms with Gasteiger partial charge in [-0.2, -0.15) is 4.98 Å². The predicted octanol–water partition coefficient (Wildman–Crippen LogP) is 1.48. The van der Waals surface area contributed by atoms with Crippen LogP contribution in [0.1, 0.15) is 30.1 Å². The number of rotatable bonds is 5. The summed E-state index contributed by atoms with van der Waals surface area (Å²) in [6.07, 6.45) is 6.81. The fourth-order valence-corrected chi connectivity index (χ4v) is 1.80. The van der Waals surface area contributed by atoms with Crippen LogP contribution in [-0.4, -0.2) is 20.7 Å². The molecule has 2 aromatic rings. The van der Waals surface area contributed by atoms with Crippen LogP contribution in [0, 0.1) is 6.92 Å². The first-order chi connectivity index (χ1) is 8.29. The molecule has 3 rings (SSSR count). The van der Waals surface area contributed by atoms with Crippen LogP contribution in [-0.2, 0) is 13.1 Å². The van der Waals surface area contributed by atoms with Gasteiger partial charge in [-0.05, 0) is 31.4 Å². The van der Waals surface area contributed by atoms with Crippen LogP contribution in [0.2, 0.25) is 0 Å². The van der Waals surface area contributed by atoms with Gasteiger partial charge in [0.1, 0.15) is 6.54 Å². The van der Waals surface area contributed by atoms with E-state index in [2.05, 4.69) is 32.3 Å². The molecule has 90 valence electrons. The van der Waals surface area contributed by atoms with Gasteiger partial charge in [-0.25, -0.2) is 0 Å². The van der Waals surface area contributed by atoms with E-state index in [4.69, 9.17) is 4.52 Å². The van der Waals surface area contributed by atoms with Gasteiger partial charge in [0.15, 0.2) is 5.82 Å². The van der Waals surface area contributed by atoms with Gasteiger partial charge >= 0.3 is 0 Å². The molecule has 0 aliphatic heterocycles. The molecule has 0 unspecified atom stereocenters. The molecule has 0 atom stereocenters. The van der Waals surface area contributed by atoms with E-state index >= 15 is 0 Å². The van der Waals surface area contributed by atoms with Crippen LogP contribution in [0.3, 0.4) is 0 Å². The summed E-state index contributed by atoms with van der Waals surface area (Å²) < 4.78 is 7.15. The maximum Gasteiger partial charge on any atom is 0.246 e. The standard InChI is InChI=1S/C12H16N4O/c1-9-14-12(17-15-9)8-16-5-4-10(7-16)6-13-11-2-3-11/h4-5,7,11,13H,2-3,6,8H2,1H3. The molecule has 1 aliphatic carbocycles. The molecule has 2 heterocycles. The number of nitrogens with one attached hydrogen (secondary N) is 1. The van der Waals surface area contributed by atoms with Gasteiger partial charge in [0.05, 0.1) is 0 Å². The van der Waals surface area contributed by atoms with Crippen molar-refractivity contribution in [1.29, 1.82) is 0 Å². The lowest BCUT2D eigenvalue weighted by Gasteiger charge is -1.99. The molecule has 0 radical (unpaired) electrons. The quantitative estimate of drug-likeness (QED) is 0.848. The van der Waals surface area contributed by atoms with Gasteiger partial charge in [-0.15, -0.1) is 0 Å². The molecule has 1 aliphatic rings. The Kier molecular flexibility index (Phi) is 2.68. The maximum atomic E-state index is 5.09. The predicted molar refractivity (Wildman–Crippen MR) is 62.4 cm³/mol. The Morgan fingerprint density at radius 2 is 2.41 bits per heavy atom. The number of aromatic nitrogens is 3. The van der Waals surface area contributed by atoms with Gasteiger partial charge < -0.3 is 14.4 Å². The summed E-state index contributed by atoms with van der Waals surface area (Å²) in [5.41, 5.74) is 1.30. The highest BCUT2D eigenvalue weighted by Gasteiger charge is 2.19. The van der Waals surface area contributed by atoms with Crippen molar-refractivity contribution in [3.63, 3.8) is 0 Å². The summed E-state index contributed by atoms with van der Waals surface area (Å²) in [5, 5.41) is 7.27. The highest BCUT2D eigenvalue weighted by molar-refractivity contribution is 5.11. The average molecular weight is 232 g/mol. The van der Waals surface area contributed by atoms with E-state index in [1.165, 1.54) is 18.4 Å². The lowest BCUT2D eigenvalue weighted by atomic mass is 10.3. The Bertz CT molecular complexity index is 498. The summed E-state index contributed by atoms with van der Waals surface area (Å²) in [4.78, 5) is 4.19. The van der Waals surface area contributed by atoms with E-state index in [1.54, 1.807) is 0 Å². The first kappa shape index (κ1) is 10.5. The van der Waals surface area contributed by atoms with Crippen LogP contribution < -0.4 is 5.32 Å². The molecule has 5 heteroatoms. The molecule has 0 spiro atoms. The summed E-state index contributed by atoms with van der Waals surface area (Å²) in [6.45, 7) is 3.42. The van der Waals surface area contributed by atoms with Crippen LogP contribution in [0.15, 0.2) is 23.0 Å². The third kappa shape index (κ3) is 2.74. The van der Waals surface area contributed by atoms with E-state index in [0.29, 0.717) is 18.3 Å². The molecule has 17 heavy (non-hydrogen) atoms. The molecular formula is C12H16N4O. The van der Waals surface area contributed by atoms with Crippen molar-refractivity contribution < 1.29 is 4.52 Å². The second-order valence-electron chi connectivity index (χ2n) is 4.58. The molecule has 1 saturated carbocycles. The second kappa shape index (κ2) is 4.33. The van der Waals surface area contributed by atoms with Crippen molar-refractivity contribution in [3.05, 3.63) is 35.7 Å². The molecule has 0 bridgehead atoms. The van der Waals surface area contributed by atoms with E-state index in [0.717, 1.165) is 12.6 Å². The van der Waals surface area contributed by atoms with Crippen LogP contribution in [0.5, 0.6) is 0 Å². The molecule has 1 fully saturated rings.